The van der Waals surface area contributed by atoms with Crippen molar-refractivity contribution in [3.8, 4) is 0 Å². The number of nitrogens with one attached hydrogen (secondary N) is 2. The summed E-state index contributed by atoms with van der Waals surface area (Å²) >= 11 is 3.45. The average molecular weight is 627 g/mol. The molecule has 0 radical (unpaired) electrons. The first-order chi connectivity index (χ1) is 19.1. The van der Waals surface area contributed by atoms with Crippen LogP contribution in [0.15, 0.2) is 76.1 Å². The summed E-state index contributed by atoms with van der Waals surface area (Å²) in [6, 6.07) is 19.5. The summed E-state index contributed by atoms with van der Waals surface area (Å²) in [6.45, 7) is 6.06. The molecule has 0 aliphatic carbocycles. The van der Waals surface area contributed by atoms with Gasteiger partial charge in [0.25, 0.3) is 5.91 Å². The van der Waals surface area contributed by atoms with Crippen LogP contribution in [0.2, 0.25) is 0 Å². The molecule has 0 fully saturated rings. The summed E-state index contributed by atoms with van der Waals surface area (Å²) in [5.41, 5.74) is 4.51. The van der Waals surface area contributed by atoms with Crippen LogP contribution in [0.4, 0.5) is 11.4 Å². The van der Waals surface area contributed by atoms with E-state index < -0.39 is 15.8 Å². The molecule has 0 unspecified atom stereocenters. The molecule has 0 spiro atoms. The third kappa shape index (κ3) is 6.99. The quantitative estimate of drug-likeness (QED) is 0.227. The molecule has 1 heterocycles. The number of carbonyl (C=O) groups is 2. The molecule has 3 aromatic rings. The number of carbonyl (C=O) groups excluding carboxylic acids is 1. The van der Waals surface area contributed by atoms with E-state index in [1.54, 1.807) is 24.3 Å². The van der Waals surface area contributed by atoms with Crippen molar-refractivity contribution < 1.29 is 23.1 Å². The van der Waals surface area contributed by atoms with Gasteiger partial charge in [-0.2, -0.15) is 0 Å². The number of carboxylic acids is 1. The summed E-state index contributed by atoms with van der Waals surface area (Å²) in [5.74, 6) is -1.13. The van der Waals surface area contributed by atoms with Gasteiger partial charge < -0.3 is 20.6 Å². The highest BCUT2D eigenvalue weighted by Crippen LogP contribution is 2.39. The molecule has 0 bridgehead atoms. The second-order valence-corrected chi connectivity index (χ2v) is 12.5. The summed E-state index contributed by atoms with van der Waals surface area (Å²) in [6.07, 6.45) is 0.339. The van der Waals surface area contributed by atoms with Gasteiger partial charge in [-0.15, -0.1) is 0 Å². The predicted molar refractivity (Wildman–Crippen MR) is 162 cm³/mol. The van der Waals surface area contributed by atoms with Crippen LogP contribution in [0.1, 0.15) is 37.0 Å². The topological polar surface area (TPSA) is 116 Å². The molecule has 0 saturated heterocycles. The van der Waals surface area contributed by atoms with Gasteiger partial charge in [0, 0.05) is 28.7 Å². The predicted octanol–water partition coefficient (Wildman–Crippen LogP) is 5.51. The van der Waals surface area contributed by atoms with E-state index in [0.717, 1.165) is 28.7 Å². The molecule has 1 aliphatic rings. The summed E-state index contributed by atoms with van der Waals surface area (Å²) < 4.78 is 26.7. The fraction of sp³-hybridized carbons (Fsp3) is 0.267. The lowest BCUT2D eigenvalue weighted by atomic mass is 9.98. The van der Waals surface area contributed by atoms with Crippen molar-refractivity contribution in [3.63, 3.8) is 0 Å². The number of hydrogen-bond acceptors (Lipinski definition) is 6. The molecule has 0 atom stereocenters. The number of sulfone groups is 1. The first-order valence-corrected chi connectivity index (χ1v) is 15.5. The van der Waals surface area contributed by atoms with Gasteiger partial charge in [-0.3, -0.25) is 9.59 Å². The number of carboxylic acid groups (broad SMARTS) is 1. The molecular weight excluding hydrogens is 594 g/mol. The van der Waals surface area contributed by atoms with Gasteiger partial charge in [0.1, 0.15) is 0 Å². The van der Waals surface area contributed by atoms with Crippen LogP contribution in [0.3, 0.4) is 0 Å². The van der Waals surface area contributed by atoms with E-state index in [4.69, 9.17) is 5.11 Å². The van der Waals surface area contributed by atoms with Gasteiger partial charge in [-0.25, -0.2) is 8.42 Å². The standard InChI is InChI=1S/C30H32BrN3O5S/c1-3-34(4-2)16-17-40(38,39)24-12-10-23(11-13-24)32-29(21-7-5-6-20(18-21)8-15-27(35)36)28-25-14-9-22(31)19-26(25)33-30(28)37/h5-7,9-14,18-19,32H,3-4,8,15-17H2,1-2H3,(H,33,37)(H,35,36)/b29-28-. The summed E-state index contributed by atoms with van der Waals surface area (Å²) in [5, 5.41) is 15.4. The maximum Gasteiger partial charge on any atom is 0.303 e. The molecule has 3 aromatic carbocycles. The molecule has 10 heteroatoms. The minimum Gasteiger partial charge on any atom is -0.481 e. The number of anilines is 2. The number of nitrogens with zero attached hydrogens (tertiary/aromatic N) is 1. The zero-order chi connectivity index (χ0) is 28.9. The number of hydrogen-bond donors (Lipinski definition) is 3. The van der Waals surface area contributed by atoms with Crippen LogP contribution in [-0.4, -0.2) is 55.7 Å². The molecule has 8 nitrogen and oxygen atoms in total. The van der Waals surface area contributed by atoms with Crippen molar-refractivity contribution in [2.75, 3.05) is 36.0 Å². The number of aliphatic carboxylic acids is 1. The minimum absolute atomic E-state index is 0.00958. The number of halogens is 1. The Bertz CT molecular complexity index is 1550. The molecule has 1 aliphatic heterocycles. The van der Waals surface area contributed by atoms with Gasteiger partial charge in [0.15, 0.2) is 9.84 Å². The van der Waals surface area contributed by atoms with Crippen molar-refractivity contribution in [2.24, 2.45) is 0 Å². The molecule has 0 aromatic heterocycles. The first kappa shape index (κ1) is 29.5. The zero-order valence-electron chi connectivity index (χ0n) is 22.4. The number of rotatable bonds is 12. The Morgan fingerprint density at radius 2 is 1.75 bits per heavy atom. The van der Waals surface area contributed by atoms with Crippen LogP contribution in [0.25, 0.3) is 11.3 Å². The third-order valence-corrected chi connectivity index (χ3v) is 9.08. The van der Waals surface area contributed by atoms with E-state index in [-0.39, 0.29) is 23.0 Å². The Morgan fingerprint density at radius 1 is 1.02 bits per heavy atom. The maximum absolute atomic E-state index is 13.2. The van der Waals surface area contributed by atoms with Gasteiger partial charge >= 0.3 is 5.97 Å². The second-order valence-electron chi connectivity index (χ2n) is 9.48. The Balaban J connectivity index is 1.71. The van der Waals surface area contributed by atoms with E-state index in [1.807, 2.05) is 56.3 Å². The van der Waals surface area contributed by atoms with E-state index in [2.05, 4.69) is 31.5 Å². The van der Waals surface area contributed by atoms with Crippen LogP contribution < -0.4 is 10.6 Å². The smallest absolute Gasteiger partial charge is 0.303 e. The van der Waals surface area contributed by atoms with Crippen molar-refractivity contribution in [3.05, 3.63) is 87.9 Å². The maximum atomic E-state index is 13.2. The van der Waals surface area contributed by atoms with E-state index in [0.29, 0.717) is 41.2 Å². The van der Waals surface area contributed by atoms with Gasteiger partial charge in [0.05, 0.1) is 27.6 Å². The lowest BCUT2D eigenvalue weighted by Gasteiger charge is -2.18. The van der Waals surface area contributed by atoms with Crippen LogP contribution in [0.5, 0.6) is 0 Å². The van der Waals surface area contributed by atoms with Crippen molar-refractivity contribution >= 4 is 60.3 Å². The number of amides is 1. The summed E-state index contributed by atoms with van der Waals surface area (Å²) in [4.78, 5) is 26.7. The van der Waals surface area contributed by atoms with Crippen molar-refractivity contribution in [1.29, 1.82) is 0 Å². The van der Waals surface area contributed by atoms with Crippen LogP contribution >= 0.6 is 15.9 Å². The molecular formula is C30H32BrN3O5S. The zero-order valence-corrected chi connectivity index (χ0v) is 24.8. The minimum atomic E-state index is -3.46. The van der Waals surface area contributed by atoms with Gasteiger partial charge in [-0.05, 0) is 73.1 Å². The SMILES string of the molecule is CCN(CC)CCS(=O)(=O)c1ccc(N/C(=C2\C(=O)Nc3cc(Br)ccc32)c2cccc(CCC(=O)O)c2)cc1. The number of aryl methyl sites for hydroxylation is 1. The normalized spacial score (nSPS) is 14.2. The highest BCUT2D eigenvalue weighted by molar-refractivity contribution is 9.10. The lowest BCUT2D eigenvalue weighted by Crippen LogP contribution is -2.29. The Kier molecular flexibility index (Phi) is 9.44. The lowest BCUT2D eigenvalue weighted by molar-refractivity contribution is -0.137. The average Bonchev–Trinajstić information content (AvgIpc) is 3.25. The largest absolute Gasteiger partial charge is 0.481 e. The van der Waals surface area contributed by atoms with E-state index in [9.17, 15) is 18.0 Å². The van der Waals surface area contributed by atoms with Gasteiger partial charge in [-0.1, -0.05) is 54.0 Å². The summed E-state index contributed by atoms with van der Waals surface area (Å²) in [7, 11) is -3.46. The van der Waals surface area contributed by atoms with Crippen molar-refractivity contribution in [2.45, 2.75) is 31.6 Å². The molecule has 210 valence electrons. The molecule has 1 amide bonds. The third-order valence-electron chi connectivity index (χ3n) is 6.87. The number of fused-ring (bicyclic) bond motifs is 1. The van der Waals surface area contributed by atoms with E-state index in [1.165, 1.54) is 0 Å². The van der Waals surface area contributed by atoms with Gasteiger partial charge in [0.2, 0.25) is 0 Å². The van der Waals surface area contributed by atoms with Crippen LogP contribution in [-0.2, 0) is 25.8 Å². The first-order valence-electron chi connectivity index (χ1n) is 13.1. The molecule has 0 saturated carbocycles. The molecule has 3 N–H and O–H groups in total. The van der Waals surface area contributed by atoms with E-state index >= 15 is 0 Å². The second kappa shape index (κ2) is 12.8. The van der Waals surface area contributed by atoms with Crippen molar-refractivity contribution in [1.82, 2.24) is 4.90 Å². The Morgan fingerprint density at radius 3 is 2.42 bits per heavy atom. The highest BCUT2D eigenvalue weighted by atomic mass is 79.9. The number of benzene rings is 3. The molecule has 40 heavy (non-hydrogen) atoms. The Labute approximate surface area is 243 Å². The Hall–Kier alpha value is -3.47. The monoisotopic (exact) mass is 625 g/mol. The highest BCUT2D eigenvalue weighted by Gasteiger charge is 2.29. The fourth-order valence-electron chi connectivity index (χ4n) is 4.60. The fourth-order valence-corrected chi connectivity index (χ4v) is 6.25. The molecule has 4 rings (SSSR count). The van der Waals surface area contributed by atoms with Crippen LogP contribution in [0, 0.1) is 0 Å².